The molecule has 0 aliphatic carbocycles. The highest BCUT2D eigenvalue weighted by atomic mass is 32.2. The standard InChI is InChI=1S/C13H21N5O3S/c1-2-16-5-7-17(8-6-16)22(20,21)18-4-3-11-12(9-18)14-10-15-13(11)19/h10H,2-9H2,1H3,(H,14,15,19). The number of aromatic nitrogens is 2. The lowest BCUT2D eigenvalue weighted by Gasteiger charge is -2.37. The van der Waals surface area contributed by atoms with Gasteiger partial charge in [-0.2, -0.15) is 17.0 Å². The summed E-state index contributed by atoms with van der Waals surface area (Å²) in [4.78, 5) is 20.6. The molecular formula is C13H21N5O3S. The van der Waals surface area contributed by atoms with Gasteiger partial charge in [-0.25, -0.2) is 4.98 Å². The maximum atomic E-state index is 12.7. The molecule has 22 heavy (non-hydrogen) atoms. The topological polar surface area (TPSA) is 89.6 Å². The Bertz CT molecular complexity index is 694. The fourth-order valence-corrected chi connectivity index (χ4v) is 4.54. The molecule has 0 amide bonds. The molecule has 0 spiro atoms. The summed E-state index contributed by atoms with van der Waals surface area (Å²) < 4.78 is 28.5. The zero-order chi connectivity index (χ0) is 15.7. The van der Waals surface area contributed by atoms with Gasteiger partial charge in [0.05, 0.1) is 18.6 Å². The molecule has 1 saturated heterocycles. The van der Waals surface area contributed by atoms with E-state index in [2.05, 4.69) is 21.8 Å². The van der Waals surface area contributed by atoms with E-state index in [4.69, 9.17) is 0 Å². The summed E-state index contributed by atoms with van der Waals surface area (Å²) in [5.41, 5.74) is 0.995. The summed E-state index contributed by atoms with van der Waals surface area (Å²) in [6.45, 7) is 6.08. The number of nitrogens with one attached hydrogen (secondary N) is 1. The number of fused-ring (bicyclic) bond motifs is 1. The fraction of sp³-hybridized carbons (Fsp3) is 0.692. The molecule has 3 heterocycles. The van der Waals surface area contributed by atoms with Gasteiger partial charge >= 0.3 is 0 Å². The summed E-state index contributed by atoms with van der Waals surface area (Å²) in [5.74, 6) is 0. The number of nitrogens with zero attached hydrogens (tertiary/aromatic N) is 4. The second kappa shape index (κ2) is 6.07. The van der Waals surface area contributed by atoms with Gasteiger partial charge in [-0.3, -0.25) is 4.79 Å². The molecule has 1 N–H and O–H groups in total. The van der Waals surface area contributed by atoms with E-state index >= 15 is 0 Å². The molecule has 0 atom stereocenters. The molecule has 9 heteroatoms. The zero-order valence-corrected chi connectivity index (χ0v) is 13.5. The van der Waals surface area contributed by atoms with Gasteiger partial charge in [0.2, 0.25) is 0 Å². The third kappa shape index (κ3) is 2.81. The van der Waals surface area contributed by atoms with Crippen LogP contribution < -0.4 is 5.56 Å². The van der Waals surface area contributed by atoms with Crippen LogP contribution in [0.1, 0.15) is 18.2 Å². The first-order valence-corrected chi connectivity index (χ1v) is 8.95. The number of piperazine rings is 1. The van der Waals surface area contributed by atoms with Crippen molar-refractivity contribution in [2.45, 2.75) is 19.9 Å². The van der Waals surface area contributed by atoms with Crippen LogP contribution in [-0.4, -0.2) is 71.2 Å². The first-order valence-electron chi connectivity index (χ1n) is 7.55. The van der Waals surface area contributed by atoms with Crippen molar-refractivity contribution in [1.82, 2.24) is 23.5 Å². The van der Waals surface area contributed by atoms with E-state index in [1.165, 1.54) is 14.9 Å². The van der Waals surface area contributed by atoms with Gasteiger partial charge in [-0.15, -0.1) is 0 Å². The van der Waals surface area contributed by atoms with Crippen LogP contribution in [0.15, 0.2) is 11.1 Å². The van der Waals surface area contributed by atoms with E-state index in [1.54, 1.807) is 0 Å². The van der Waals surface area contributed by atoms with Crippen LogP contribution in [0.25, 0.3) is 0 Å². The predicted molar refractivity (Wildman–Crippen MR) is 81.6 cm³/mol. The predicted octanol–water partition coefficient (Wildman–Crippen LogP) is -0.990. The highest BCUT2D eigenvalue weighted by Crippen LogP contribution is 2.20. The van der Waals surface area contributed by atoms with Crippen LogP contribution >= 0.6 is 0 Å². The van der Waals surface area contributed by atoms with Crippen LogP contribution in [0.3, 0.4) is 0 Å². The van der Waals surface area contributed by atoms with Crippen LogP contribution in [-0.2, 0) is 23.2 Å². The third-order valence-corrected chi connectivity index (χ3v) is 6.39. The maximum Gasteiger partial charge on any atom is 0.282 e. The van der Waals surface area contributed by atoms with Crippen LogP contribution in [0, 0.1) is 0 Å². The van der Waals surface area contributed by atoms with E-state index in [0.29, 0.717) is 37.3 Å². The second-order valence-electron chi connectivity index (χ2n) is 5.58. The highest BCUT2D eigenvalue weighted by molar-refractivity contribution is 7.86. The average Bonchev–Trinajstić information content (AvgIpc) is 2.55. The van der Waals surface area contributed by atoms with Crippen molar-refractivity contribution >= 4 is 10.2 Å². The van der Waals surface area contributed by atoms with Gasteiger partial charge in [0.15, 0.2) is 0 Å². The maximum absolute atomic E-state index is 12.7. The molecule has 0 radical (unpaired) electrons. The molecule has 3 rings (SSSR count). The Morgan fingerprint density at radius 1 is 1.18 bits per heavy atom. The van der Waals surface area contributed by atoms with Gasteiger partial charge in [0.1, 0.15) is 0 Å². The lowest BCUT2D eigenvalue weighted by atomic mass is 10.1. The van der Waals surface area contributed by atoms with Crippen molar-refractivity contribution in [3.63, 3.8) is 0 Å². The number of hydrogen-bond donors (Lipinski definition) is 1. The van der Waals surface area contributed by atoms with Crippen molar-refractivity contribution in [3.05, 3.63) is 27.9 Å². The van der Waals surface area contributed by atoms with Crippen LogP contribution in [0.2, 0.25) is 0 Å². The molecule has 2 aliphatic rings. The third-order valence-electron chi connectivity index (χ3n) is 4.41. The Balaban J connectivity index is 1.76. The summed E-state index contributed by atoms with van der Waals surface area (Å²) >= 11 is 0. The van der Waals surface area contributed by atoms with Crippen LogP contribution in [0.5, 0.6) is 0 Å². The first-order chi connectivity index (χ1) is 10.5. The van der Waals surface area contributed by atoms with Gasteiger partial charge < -0.3 is 9.88 Å². The highest BCUT2D eigenvalue weighted by Gasteiger charge is 2.34. The minimum atomic E-state index is -3.48. The quantitative estimate of drug-likeness (QED) is 0.770. The Labute approximate surface area is 129 Å². The summed E-state index contributed by atoms with van der Waals surface area (Å²) in [5, 5.41) is 0. The minimum Gasteiger partial charge on any atom is -0.313 e. The monoisotopic (exact) mass is 327 g/mol. The summed E-state index contributed by atoms with van der Waals surface area (Å²) in [6.07, 6.45) is 1.74. The molecule has 1 aromatic heterocycles. The number of likely N-dealkylation sites (N-methyl/N-ethyl adjacent to an activating group) is 1. The number of rotatable bonds is 3. The van der Waals surface area contributed by atoms with Crippen LogP contribution in [0.4, 0.5) is 0 Å². The Morgan fingerprint density at radius 2 is 1.91 bits per heavy atom. The SMILES string of the molecule is CCN1CCN(S(=O)(=O)N2CCc3c(nc[nH]c3=O)C2)CC1. The van der Waals surface area contributed by atoms with Crippen molar-refractivity contribution in [1.29, 1.82) is 0 Å². The molecule has 122 valence electrons. The van der Waals surface area contributed by atoms with Crippen molar-refractivity contribution in [3.8, 4) is 0 Å². The summed E-state index contributed by atoms with van der Waals surface area (Å²) in [7, 11) is -3.48. The Hall–Kier alpha value is -1.29. The van der Waals surface area contributed by atoms with E-state index in [-0.39, 0.29) is 12.1 Å². The second-order valence-corrected chi connectivity index (χ2v) is 7.51. The molecule has 2 aliphatic heterocycles. The van der Waals surface area contributed by atoms with Crippen molar-refractivity contribution in [2.24, 2.45) is 0 Å². The summed E-state index contributed by atoms with van der Waals surface area (Å²) in [6, 6.07) is 0. The van der Waals surface area contributed by atoms with Gasteiger partial charge in [0, 0.05) is 38.3 Å². The molecule has 0 bridgehead atoms. The van der Waals surface area contributed by atoms with Gasteiger partial charge in [-0.1, -0.05) is 6.92 Å². The number of hydrogen-bond acceptors (Lipinski definition) is 5. The molecule has 0 saturated carbocycles. The molecule has 1 aromatic rings. The van der Waals surface area contributed by atoms with E-state index in [1.807, 2.05) is 0 Å². The van der Waals surface area contributed by atoms with E-state index < -0.39 is 10.2 Å². The molecule has 8 nitrogen and oxygen atoms in total. The fourth-order valence-electron chi connectivity index (χ4n) is 2.98. The van der Waals surface area contributed by atoms with E-state index in [9.17, 15) is 13.2 Å². The molecule has 0 unspecified atom stereocenters. The lowest BCUT2D eigenvalue weighted by Crippen LogP contribution is -2.53. The molecule has 1 fully saturated rings. The lowest BCUT2D eigenvalue weighted by molar-refractivity contribution is 0.186. The minimum absolute atomic E-state index is 0.168. The Morgan fingerprint density at radius 3 is 2.59 bits per heavy atom. The molecule has 0 aromatic carbocycles. The van der Waals surface area contributed by atoms with Gasteiger partial charge in [-0.05, 0) is 13.0 Å². The van der Waals surface area contributed by atoms with E-state index in [0.717, 1.165) is 19.6 Å². The van der Waals surface area contributed by atoms with Gasteiger partial charge in [0.25, 0.3) is 15.8 Å². The Kier molecular flexibility index (Phi) is 4.31. The number of H-pyrrole nitrogens is 1. The molecular weight excluding hydrogens is 306 g/mol. The smallest absolute Gasteiger partial charge is 0.282 e. The van der Waals surface area contributed by atoms with Crippen molar-refractivity contribution in [2.75, 3.05) is 39.3 Å². The normalized spacial score (nSPS) is 21.7. The number of aromatic amines is 1. The zero-order valence-electron chi connectivity index (χ0n) is 12.7. The largest absolute Gasteiger partial charge is 0.313 e. The average molecular weight is 327 g/mol. The van der Waals surface area contributed by atoms with Crippen molar-refractivity contribution < 1.29 is 8.42 Å². The first kappa shape index (κ1) is 15.6.